The molecule has 0 saturated carbocycles. The molecule has 1 fully saturated rings. The molecule has 22 heavy (non-hydrogen) atoms. The minimum atomic E-state index is -0.799. The van der Waals surface area contributed by atoms with E-state index in [1.54, 1.807) is 4.90 Å². The average Bonchev–Trinajstić information content (AvgIpc) is 2.46. The molecule has 1 heterocycles. The smallest absolute Gasteiger partial charge is 0.308 e. The Kier molecular flexibility index (Phi) is 5.51. The van der Waals surface area contributed by atoms with Gasteiger partial charge in [0.25, 0.3) is 0 Å². The number of hydrogen-bond acceptors (Lipinski definition) is 3. The zero-order chi connectivity index (χ0) is 16.3. The molecule has 4 nitrogen and oxygen atoms in total. The molecule has 5 heteroatoms. The van der Waals surface area contributed by atoms with E-state index >= 15 is 0 Å². The number of piperidine rings is 1. The number of benzene rings is 1. The second-order valence-corrected chi connectivity index (χ2v) is 6.99. The van der Waals surface area contributed by atoms with Gasteiger partial charge >= 0.3 is 5.97 Å². The highest BCUT2D eigenvalue weighted by atomic mass is 32.2. The third-order valence-corrected chi connectivity index (χ3v) is 5.47. The molecule has 0 aliphatic carbocycles. The first kappa shape index (κ1) is 16.9. The number of nitrogens with zero attached hydrogens (tertiary/aromatic N) is 1. The standard InChI is InChI=1S/C17H23NO3S/c1-11-6-7-15(12(2)9-11)22-10-16(19)18-8-4-5-14(13(18)3)17(20)21/h6-7,9,13-14H,4-5,8,10H2,1-3H3,(H,20,21)/t13-,14-/m1/s1. The van der Waals surface area contributed by atoms with Crippen LogP contribution in [0.1, 0.15) is 30.9 Å². The van der Waals surface area contributed by atoms with E-state index in [-0.39, 0.29) is 11.9 Å². The van der Waals surface area contributed by atoms with Crippen LogP contribution in [0, 0.1) is 19.8 Å². The maximum absolute atomic E-state index is 12.4. The van der Waals surface area contributed by atoms with Gasteiger partial charge in [-0.15, -0.1) is 11.8 Å². The van der Waals surface area contributed by atoms with Crippen molar-refractivity contribution in [3.05, 3.63) is 29.3 Å². The largest absolute Gasteiger partial charge is 0.481 e. The summed E-state index contributed by atoms with van der Waals surface area (Å²) in [6.45, 7) is 6.60. The highest BCUT2D eigenvalue weighted by Crippen LogP contribution is 2.27. The highest BCUT2D eigenvalue weighted by molar-refractivity contribution is 8.00. The molecule has 1 amide bonds. The maximum atomic E-state index is 12.4. The summed E-state index contributed by atoms with van der Waals surface area (Å²) < 4.78 is 0. The van der Waals surface area contributed by atoms with Gasteiger partial charge < -0.3 is 10.0 Å². The fourth-order valence-electron chi connectivity index (χ4n) is 3.01. The van der Waals surface area contributed by atoms with Crippen LogP contribution in [0.4, 0.5) is 0 Å². The molecule has 1 aliphatic rings. The number of carbonyl (C=O) groups excluding carboxylic acids is 1. The molecule has 2 atom stereocenters. The number of likely N-dealkylation sites (tertiary alicyclic amines) is 1. The lowest BCUT2D eigenvalue weighted by Gasteiger charge is -2.37. The highest BCUT2D eigenvalue weighted by Gasteiger charge is 2.35. The number of carboxylic acids is 1. The lowest BCUT2D eigenvalue weighted by atomic mass is 9.90. The number of hydrogen-bond donors (Lipinski definition) is 1. The number of rotatable bonds is 4. The first-order chi connectivity index (χ1) is 10.4. The van der Waals surface area contributed by atoms with Gasteiger partial charge in [-0.25, -0.2) is 0 Å². The Bertz CT molecular complexity index is 573. The van der Waals surface area contributed by atoms with Crippen LogP contribution < -0.4 is 0 Å². The predicted molar refractivity (Wildman–Crippen MR) is 88.2 cm³/mol. The molecular formula is C17H23NO3S. The molecule has 0 radical (unpaired) electrons. The van der Waals surface area contributed by atoms with Crippen LogP contribution >= 0.6 is 11.8 Å². The van der Waals surface area contributed by atoms with E-state index in [0.717, 1.165) is 11.3 Å². The molecule has 1 aromatic rings. The zero-order valence-corrected chi connectivity index (χ0v) is 14.2. The molecule has 0 spiro atoms. The van der Waals surface area contributed by atoms with E-state index in [9.17, 15) is 14.7 Å². The summed E-state index contributed by atoms with van der Waals surface area (Å²) in [5.41, 5.74) is 2.38. The number of carbonyl (C=O) groups is 2. The minimum Gasteiger partial charge on any atom is -0.481 e. The molecule has 1 aromatic carbocycles. The minimum absolute atomic E-state index is 0.0309. The van der Waals surface area contributed by atoms with Crippen molar-refractivity contribution in [1.82, 2.24) is 4.90 Å². The fourth-order valence-corrected chi connectivity index (χ4v) is 3.90. The van der Waals surface area contributed by atoms with Gasteiger partial charge in [-0.1, -0.05) is 17.7 Å². The average molecular weight is 321 g/mol. The molecule has 0 aromatic heterocycles. The van der Waals surface area contributed by atoms with Crippen LogP contribution in [-0.2, 0) is 9.59 Å². The molecule has 0 bridgehead atoms. The number of aliphatic carboxylic acids is 1. The second kappa shape index (κ2) is 7.18. The maximum Gasteiger partial charge on any atom is 0.308 e. The number of carboxylic acid groups (broad SMARTS) is 1. The summed E-state index contributed by atoms with van der Waals surface area (Å²) in [7, 11) is 0. The molecule has 1 aliphatic heterocycles. The van der Waals surface area contributed by atoms with Gasteiger partial charge in [-0.2, -0.15) is 0 Å². The van der Waals surface area contributed by atoms with Crippen LogP contribution in [0.25, 0.3) is 0 Å². The summed E-state index contributed by atoms with van der Waals surface area (Å²) in [5.74, 6) is -0.847. The van der Waals surface area contributed by atoms with Crippen LogP contribution in [-0.4, -0.2) is 40.2 Å². The van der Waals surface area contributed by atoms with Crippen LogP contribution in [0.15, 0.2) is 23.1 Å². The third kappa shape index (κ3) is 3.83. The van der Waals surface area contributed by atoms with Crippen molar-refractivity contribution in [3.63, 3.8) is 0 Å². The van der Waals surface area contributed by atoms with Crippen molar-refractivity contribution in [2.24, 2.45) is 5.92 Å². The molecule has 1 saturated heterocycles. The molecule has 2 rings (SSSR count). The SMILES string of the molecule is Cc1ccc(SCC(=O)N2CCC[C@@H](C(=O)O)[C@H]2C)c(C)c1. The Morgan fingerprint density at radius 2 is 2.09 bits per heavy atom. The Morgan fingerprint density at radius 1 is 1.36 bits per heavy atom. The van der Waals surface area contributed by atoms with E-state index in [1.807, 2.05) is 32.9 Å². The van der Waals surface area contributed by atoms with E-state index < -0.39 is 11.9 Å². The van der Waals surface area contributed by atoms with Crippen molar-refractivity contribution in [2.75, 3.05) is 12.3 Å². The van der Waals surface area contributed by atoms with Gasteiger partial charge in [-0.05, 0) is 45.2 Å². The van der Waals surface area contributed by atoms with Gasteiger partial charge in [0.15, 0.2) is 0 Å². The number of aryl methyl sites for hydroxylation is 2. The second-order valence-electron chi connectivity index (χ2n) is 5.97. The Morgan fingerprint density at radius 3 is 2.73 bits per heavy atom. The Hall–Kier alpha value is -1.49. The summed E-state index contributed by atoms with van der Waals surface area (Å²) in [4.78, 5) is 26.5. The Labute approximate surface area is 135 Å². The lowest BCUT2D eigenvalue weighted by molar-refractivity contribution is -0.148. The van der Waals surface area contributed by atoms with Gasteiger partial charge in [0.1, 0.15) is 0 Å². The van der Waals surface area contributed by atoms with E-state index in [0.29, 0.717) is 18.7 Å². The normalized spacial score (nSPS) is 21.7. The van der Waals surface area contributed by atoms with Gasteiger partial charge in [0.05, 0.1) is 11.7 Å². The molecular weight excluding hydrogens is 298 g/mol. The molecule has 120 valence electrons. The van der Waals surface area contributed by atoms with Crippen LogP contribution in [0.5, 0.6) is 0 Å². The van der Waals surface area contributed by atoms with Crippen molar-refractivity contribution < 1.29 is 14.7 Å². The topological polar surface area (TPSA) is 57.6 Å². The van der Waals surface area contributed by atoms with E-state index in [1.165, 1.54) is 22.9 Å². The van der Waals surface area contributed by atoms with Crippen molar-refractivity contribution in [1.29, 1.82) is 0 Å². The van der Waals surface area contributed by atoms with Crippen molar-refractivity contribution in [2.45, 2.75) is 44.6 Å². The summed E-state index contributed by atoms with van der Waals surface area (Å²) in [6, 6.07) is 5.97. The van der Waals surface area contributed by atoms with Gasteiger partial charge in [-0.3, -0.25) is 9.59 Å². The van der Waals surface area contributed by atoms with Crippen molar-refractivity contribution in [3.8, 4) is 0 Å². The number of thioether (sulfide) groups is 1. The monoisotopic (exact) mass is 321 g/mol. The number of amides is 1. The van der Waals surface area contributed by atoms with Crippen LogP contribution in [0.2, 0.25) is 0 Å². The Balaban J connectivity index is 1.98. The summed E-state index contributed by atoms with van der Waals surface area (Å²) in [5, 5.41) is 9.24. The molecule has 1 N–H and O–H groups in total. The fraction of sp³-hybridized carbons (Fsp3) is 0.529. The zero-order valence-electron chi connectivity index (χ0n) is 13.3. The first-order valence-corrected chi connectivity index (χ1v) is 8.61. The lowest BCUT2D eigenvalue weighted by Crippen LogP contribution is -2.49. The van der Waals surface area contributed by atoms with E-state index in [2.05, 4.69) is 6.07 Å². The first-order valence-electron chi connectivity index (χ1n) is 7.62. The third-order valence-electron chi connectivity index (χ3n) is 4.31. The predicted octanol–water partition coefficient (Wildman–Crippen LogP) is 3.11. The van der Waals surface area contributed by atoms with E-state index in [4.69, 9.17) is 0 Å². The summed E-state index contributed by atoms with van der Waals surface area (Å²) >= 11 is 1.53. The van der Waals surface area contributed by atoms with Gasteiger partial charge in [0, 0.05) is 17.5 Å². The summed E-state index contributed by atoms with van der Waals surface area (Å²) in [6.07, 6.45) is 1.42. The van der Waals surface area contributed by atoms with Crippen molar-refractivity contribution >= 4 is 23.6 Å². The van der Waals surface area contributed by atoms with Crippen LogP contribution in [0.3, 0.4) is 0 Å². The quantitative estimate of drug-likeness (QED) is 0.866. The molecule has 0 unspecified atom stereocenters. The van der Waals surface area contributed by atoms with Gasteiger partial charge in [0.2, 0.25) is 5.91 Å².